The van der Waals surface area contributed by atoms with Crippen LogP contribution in [0.1, 0.15) is 72.4 Å². The molecule has 0 radical (unpaired) electrons. The molecule has 0 unspecified atom stereocenters. The molecule has 2 aromatic heterocycles. The van der Waals surface area contributed by atoms with Crippen LogP contribution < -0.4 is 21.2 Å². The van der Waals surface area contributed by atoms with E-state index in [1.54, 1.807) is 10.9 Å². The van der Waals surface area contributed by atoms with Crippen LogP contribution in [0.15, 0.2) is 71.8 Å². The maximum Gasteiger partial charge on any atom is 0.278 e. The van der Waals surface area contributed by atoms with Crippen molar-refractivity contribution >= 4 is 41.7 Å². The Hall–Kier alpha value is -3.64. The Morgan fingerprint density at radius 3 is 2.30 bits per heavy atom. The molecule has 10 nitrogen and oxygen atoms in total. The first-order valence-corrected chi connectivity index (χ1v) is 17.4. The molecule has 2 aliphatic heterocycles. The molecule has 2 aliphatic rings. The third kappa shape index (κ3) is 5.77. The normalized spacial score (nSPS) is 22.7. The van der Waals surface area contributed by atoms with Crippen LogP contribution in [0.2, 0.25) is 5.04 Å². The van der Waals surface area contributed by atoms with E-state index in [4.69, 9.17) is 13.9 Å². The van der Waals surface area contributed by atoms with E-state index in [9.17, 15) is 9.59 Å². The summed E-state index contributed by atoms with van der Waals surface area (Å²) in [6, 6.07) is 21.3. The first-order chi connectivity index (χ1) is 21.1. The third-order valence-electron chi connectivity index (χ3n) is 8.77. The lowest BCUT2D eigenvalue weighted by atomic mass is 9.94. The van der Waals surface area contributed by atoms with Crippen molar-refractivity contribution in [3.05, 3.63) is 77.3 Å². The van der Waals surface area contributed by atoms with Gasteiger partial charge in [-0.25, -0.2) is 4.98 Å². The van der Waals surface area contributed by atoms with Gasteiger partial charge in [0.2, 0.25) is 11.9 Å². The van der Waals surface area contributed by atoms with Gasteiger partial charge < -0.3 is 13.9 Å². The molecular formula is C33H41N5O5Si. The number of imidazole rings is 1. The first kappa shape index (κ1) is 30.4. The fourth-order valence-electron chi connectivity index (χ4n) is 6.89. The summed E-state index contributed by atoms with van der Waals surface area (Å²) in [4.78, 5) is 35.8. The summed E-state index contributed by atoms with van der Waals surface area (Å²) in [7, 11) is -2.71. The number of hydrogen-bond donors (Lipinski definition) is 2. The zero-order valence-electron chi connectivity index (χ0n) is 25.8. The topological polar surface area (TPSA) is 120 Å². The largest absolute Gasteiger partial charge is 0.405 e. The van der Waals surface area contributed by atoms with Crippen LogP contribution in [0.3, 0.4) is 0 Å². The molecule has 0 saturated carbocycles. The van der Waals surface area contributed by atoms with Crippen molar-refractivity contribution in [1.29, 1.82) is 0 Å². The highest BCUT2D eigenvalue weighted by Crippen LogP contribution is 2.43. The van der Waals surface area contributed by atoms with E-state index >= 15 is 0 Å². The summed E-state index contributed by atoms with van der Waals surface area (Å²) in [6.07, 6.45) is 6.00. The summed E-state index contributed by atoms with van der Waals surface area (Å²) >= 11 is 0. The van der Waals surface area contributed by atoms with Gasteiger partial charge in [-0.3, -0.25) is 24.5 Å². The molecule has 4 aromatic rings. The van der Waals surface area contributed by atoms with Crippen molar-refractivity contribution in [2.24, 2.45) is 0 Å². The van der Waals surface area contributed by atoms with Gasteiger partial charge in [0.25, 0.3) is 13.9 Å². The minimum atomic E-state index is -2.71. The fraction of sp³-hybridized carbons (Fsp3) is 0.455. The Labute approximate surface area is 258 Å². The summed E-state index contributed by atoms with van der Waals surface area (Å²) < 4.78 is 22.5. The molecule has 0 aliphatic carbocycles. The highest BCUT2D eigenvalue weighted by Gasteiger charge is 2.51. The molecule has 2 fully saturated rings. The van der Waals surface area contributed by atoms with E-state index in [1.165, 1.54) is 17.3 Å². The molecule has 2 N–H and O–H groups in total. The number of fused-ring (bicyclic) bond motifs is 1. The third-order valence-corrected chi connectivity index (χ3v) is 13.8. The molecule has 6 rings (SSSR count). The minimum Gasteiger partial charge on any atom is -0.405 e. The number of hydrogen-bond acceptors (Lipinski definition) is 7. The van der Waals surface area contributed by atoms with Gasteiger partial charge in [0.1, 0.15) is 6.23 Å². The lowest BCUT2D eigenvalue weighted by Gasteiger charge is -2.48. The van der Waals surface area contributed by atoms with Gasteiger partial charge in [-0.15, -0.1) is 0 Å². The van der Waals surface area contributed by atoms with Crippen LogP contribution in [-0.2, 0) is 18.7 Å². The SMILES string of the molecule is CC(=O)Nc1nc2ncn([C@@H]3CCC[C@]4(CCC[C@@H](CO[Si](c5ccccc5)(c5ccccc5)C(C)(C)C)O4)O3)c2c(=O)[nH]1. The van der Waals surface area contributed by atoms with Gasteiger partial charge in [0.05, 0.1) is 19.0 Å². The van der Waals surface area contributed by atoms with Gasteiger partial charge in [0, 0.05) is 19.8 Å². The Morgan fingerprint density at radius 1 is 1.05 bits per heavy atom. The van der Waals surface area contributed by atoms with E-state index in [0.29, 0.717) is 18.5 Å². The van der Waals surface area contributed by atoms with Gasteiger partial charge in [-0.05, 0) is 41.1 Å². The lowest BCUT2D eigenvalue weighted by Crippen LogP contribution is -2.67. The number of nitrogens with one attached hydrogen (secondary N) is 2. The van der Waals surface area contributed by atoms with Gasteiger partial charge in [0.15, 0.2) is 17.0 Å². The average molecular weight is 616 g/mol. The molecule has 4 heterocycles. The van der Waals surface area contributed by atoms with Crippen LogP contribution in [0.5, 0.6) is 0 Å². The molecule has 0 bridgehead atoms. The second-order valence-electron chi connectivity index (χ2n) is 12.9. The number of benzene rings is 2. The second-order valence-corrected chi connectivity index (χ2v) is 17.2. The number of amides is 1. The number of ether oxygens (including phenoxy) is 2. The van der Waals surface area contributed by atoms with E-state index < -0.39 is 20.3 Å². The second kappa shape index (κ2) is 12.0. The molecule has 11 heteroatoms. The Balaban J connectivity index is 1.24. The van der Waals surface area contributed by atoms with Crippen LogP contribution in [0, 0.1) is 0 Å². The van der Waals surface area contributed by atoms with Crippen LogP contribution in [0.4, 0.5) is 5.95 Å². The van der Waals surface area contributed by atoms with E-state index in [0.717, 1.165) is 32.1 Å². The number of rotatable bonds is 7. The van der Waals surface area contributed by atoms with Gasteiger partial charge in [-0.2, -0.15) is 4.98 Å². The number of aromatic amines is 1. The van der Waals surface area contributed by atoms with Crippen LogP contribution in [-0.4, -0.2) is 52.2 Å². The summed E-state index contributed by atoms with van der Waals surface area (Å²) in [5, 5.41) is 4.87. The van der Waals surface area contributed by atoms with Crippen molar-refractivity contribution in [2.45, 2.75) is 89.4 Å². The highest BCUT2D eigenvalue weighted by atomic mass is 28.4. The van der Waals surface area contributed by atoms with E-state index in [2.05, 4.69) is 102 Å². The van der Waals surface area contributed by atoms with Crippen molar-refractivity contribution in [2.75, 3.05) is 11.9 Å². The number of anilines is 1. The number of carbonyl (C=O) groups excluding carboxylic acids is 1. The first-order valence-electron chi connectivity index (χ1n) is 15.5. The Morgan fingerprint density at radius 2 is 1.68 bits per heavy atom. The zero-order valence-corrected chi connectivity index (χ0v) is 26.8. The standard InChI is InChI=1S/C33H41N5O5Si/c1-23(39)35-31-36-29-28(30(40)37-31)38(22-34-29)27-18-12-20-33(43-27)19-11-13-24(42-33)21-41-44(32(2,3)4,25-14-7-5-8-15-25)26-16-9-6-10-17-26/h5-10,14-17,22,24,27H,11-13,18-21H2,1-4H3,(H2,35,36,37,39,40)/t24-,27-,33-/m0/s1. The smallest absolute Gasteiger partial charge is 0.278 e. The quantitative estimate of drug-likeness (QED) is 0.291. The van der Waals surface area contributed by atoms with Crippen molar-refractivity contribution in [3.8, 4) is 0 Å². The number of aromatic nitrogens is 4. The monoisotopic (exact) mass is 615 g/mol. The van der Waals surface area contributed by atoms with Gasteiger partial charge >= 0.3 is 0 Å². The molecule has 1 amide bonds. The molecule has 1 spiro atoms. The van der Waals surface area contributed by atoms with E-state index in [1.807, 2.05) is 0 Å². The molecule has 232 valence electrons. The number of carbonyl (C=O) groups is 1. The number of nitrogens with zero attached hydrogens (tertiary/aromatic N) is 3. The Kier molecular flexibility index (Phi) is 8.31. The number of H-pyrrole nitrogens is 1. The van der Waals surface area contributed by atoms with Crippen LogP contribution >= 0.6 is 0 Å². The van der Waals surface area contributed by atoms with Crippen molar-refractivity contribution in [3.63, 3.8) is 0 Å². The van der Waals surface area contributed by atoms with Gasteiger partial charge in [-0.1, -0.05) is 81.4 Å². The summed E-state index contributed by atoms with van der Waals surface area (Å²) in [5.74, 6) is -1.03. The predicted octanol–water partition coefficient (Wildman–Crippen LogP) is 4.62. The highest BCUT2D eigenvalue weighted by molar-refractivity contribution is 6.99. The van der Waals surface area contributed by atoms with E-state index in [-0.39, 0.29) is 34.2 Å². The fourth-order valence-corrected chi connectivity index (χ4v) is 11.5. The van der Waals surface area contributed by atoms with Crippen molar-refractivity contribution in [1.82, 2.24) is 19.5 Å². The summed E-state index contributed by atoms with van der Waals surface area (Å²) in [5.41, 5.74) is 0.172. The maximum atomic E-state index is 13.0. The summed E-state index contributed by atoms with van der Waals surface area (Å²) in [6.45, 7) is 8.66. The Bertz CT molecular complexity index is 1630. The predicted molar refractivity (Wildman–Crippen MR) is 171 cm³/mol. The van der Waals surface area contributed by atoms with Crippen molar-refractivity contribution < 1.29 is 18.7 Å². The lowest BCUT2D eigenvalue weighted by molar-refractivity contribution is -0.329. The zero-order chi connectivity index (χ0) is 31.0. The molecule has 3 atom stereocenters. The molecule has 44 heavy (non-hydrogen) atoms. The molecule has 2 aromatic carbocycles. The molecular weight excluding hydrogens is 574 g/mol. The molecule has 2 saturated heterocycles. The minimum absolute atomic E-state index is 0.0700. The van der Waals surface area contributed by atoms with Crippen LogP contribution in [0.25, 0.3) is 11.2 Å². The maximum absolute atomic E-state index is 13.0. The average Bonchev–Trinajstić information content (AvgIpc) is 3.42.